The molecule has 2 aliphatic heterocycles. The fraction of sp³-hybridized carbons (Fsp3) is 0.462. The van der Waals surface area contributed by atoms with Crippen LogP contribution >= 0.6 is 0 Å². The third-order valence-electron chi connectivity index (χ3n) is 7.16. The van der Waals surface area contributed by atoms with Crippen molar-refractivity contribution in [3.63, 3.8) is 0 Å². The quantitative estimate of drug-likeness (QED) is 0.568. The van der Waals surface area contributed by atoms with E-state index >= 15 is 4.39 Å². The van der Waals surface area contributed by atoms with Crippen LogP contribution in [0.25, 0.3) is 0 Å². The number of halogens is 1. The highest BCUT2D eigenvalue weighted by Crippen LogP contribution is 2.32. The average molecular weight is 548 g/mol. The van der Waals surface area contributed by atoms with Crippen molar-refractivity contribution in [3.8, 4) is 0 Å². The molecule has 0 radical (unpaired) electrons. The first-order valence-corrected chi connectivity index (χ1v) is 14.1. The molecular formula is C26H34FN5O5S. The number of ether oxygens (including phenoxy) is 1. The first-order chi connectivity index (χ1) is 18.2. The molecule has 2 fully saturated rings. The van der Waals surface area contributed by atoms with E-state index in [2.05, 4.69) is 14.4 Å². The standard InChI is InChI=1S/C26H34FN5O5S/c1-4-29(5-2)25(33)24(19-9-7-6-8-10-19)31-15-13-30(14-16-31)22-12-11-20(17-21(22)27)23-18-28-38(35,36)32(23)26(34)37-3/h6-12,17,23-24,28H,4-5,13-16,18H2,1-3H3. The van der Waals surface area contributed by atoms with Gasteiger partial charge in [-0.2, -0.15) is 17.4 Å². The summed E-state index contributed by atoms with van der Waals surface area (Å²) in [7, 11) is -2.96. The molecule has 2 aromatic rings. The van der Waals surface area contributed by atoms with Gasteiger partial charge in [-0.3, -0.25) is 9.69 Å². The smallest absolute Gasteiger partial charge is 0.424 e. The second-order valence-corrected chi connectivity index (χ2v) is 10.8. The second-order valence-electron chi connectivity index (χ2n) is 9.19. The van der Waals surface area contributed by atoms with Gasteiger partial charge in [0.15, 0.2) is 0 Å². The summed E-state index contributed by atoms with van der Waals surface area (Å²) in [5.41, 5.74) is 1.67. The summed E-state index contributed by atoms with van der Waals surface area (Å²) in [5, 5.41) is 0. The van der Waals surface area contributed by atoms with Crippen LogP contribution < -0.4 is 9.62 Å². The van der Waals surface area contributed by atoms with Crippen LogP contribution in [0.5, 0.6) is 0 Å². The molecule has 4 rings (SSSR count). The summed E-state index contributed by atoms with van der Waals surface area (Å²) in [6.45, 7) is 7.27. The summed E-state index contributed by atoms with van der Waals surface area (Å²) in [6.07, 6.45) is -1.03. The predicted octanol–water partition coefficient (Wildman–Crippen LogP) is 2.51. The topological polar surface area (TPSA) is 103 Å². The lowest BCUT2D eigenvalue weighted by atomic mass is 10.0. The first kappa shape index (κ1) is 27.8. The molecule has 2 atom stereocenters. The minimum atomic E-state index is -4.05. The highest BCUT2D eigenvalue weighted by Gasteiger charge is 2.43. The van der Waals surface area contributed by atoms with Gasteiger partial charge in [-0.1, -0.05) is 36.4 Å². The van der Waals surface area contributed by atoms with E-state index in [0.29, 0.717) is 54.8 Å². The van der Waals surface area contributed by atoms with Crippen molar-refractivity contribution in [2.45, 2.75) is 25.9 Å². The minimum Gasteiger partial charge on any atom is -0.452 e. The van der Waals surface area contributed by atoms with Gasteiger partial charge < -0.3 is 14.5 Å². The van der Waals surface area contributed by atoms with Crippen LogP contribution in [-0.4, -0.2) is 87.4 Å². The number of benzene rings is 2. The number of nitrogens with zero attached hydrogens (tertiary/aromatic N) is 4. The molecule has 0 spiro atoms. The number of anilines is 1. The Kier molecular flexibility index (Phi) is 8.54. The molecule has 206 valence electrons. The minimum absolute atomic E-state index is 0.0560. The average Bonchev–Trinajstić information content (AvgIpc) is 3.25. The Morgan fingerprint density at radius 2 is 1.74 bits per heavy atom. The van der Waals surface area contributed by atoms with Crippen LogP contribution in [0.1, 0.15) is 37.1 Å². The Bertz CT molecular complexity index is 1250. The molecule has 2 amide bonds. The van der Waals surface area contributed by atoms with Crippen molar-refractivity contribution in [1.82, 2.24) is 18.8 Å². The Labute approximate surface area is 223 Å². The van der Waals surface area contributed by atoms with Gasteiger partial charge in [-0.25, -0.2) is 9.18 Å². The first-order valence-electron chi connectivity index (χ1n) is 12.7. The summed E-state index contributed by atoms with van der Waals surface area (Å²) >= 11 is 0. The normalized spacial score (nSPS) is 20.3. The Morgan fingerprint density at radius 3 is 2.32 bits per heavy atom. The van der Waals surface area contributed by atoms with Crippen LogP contribution in [0.15, 0.2) is 48.5 Å². The zero-order valence-electron chi connectivity index (χ0n) is 21.8. The highest BCUT2D eigenvalue weighted by atomic mass is 32.2. The second kappa shape index (κ2) is 11.7. The zero-order valence-corrected chi connectivity index (χ0v) is 22.7. The Balaban J connectivity index is 1.50. The van der Waals surface area contributed by atoms with Gasteiger partial charge in [0, 0.05) is 45.8 Å². The molecule has 38 heavy (non-hydrogen) atoms. The van der Waals surface area contributed by atoms with Crippen molar-refractivity contribution >= 4 is 27.9 Å². The number of hydrogen-bond acceptors (Lipinski definition) is 7. The molecular weight excluding hydrogens is 513 g/mol. The van der Waals surface area contributed by atoms with Gasteiger partial charge >= 0.3 is 16.3 Å². The largest absolute Gasteiger partial charge is 0.452 e. The summed E-state index contributed by atoms with van der Waals surface area (Å²) < 4.78 is 47.3. The van der Waals surface area contributed by atoms with E-state index in [1.165, 1.54) is 6.07 Å². The number of methoxy groups -OCH3 is 1. The van der Waals surface area contributed by atoms with Crippen molar-refractivity contribution in [2.75, 3.05) is 57.8 Å². The summed E-state index contributed by atoms with van der Waals surface area (Å²) in [6, 6.07) is 12.9. The van der Waals surface area contributed by atoms with Crippen LogP contribution in [0.2, 0.25) is 0 Å². The fourth-order valence-corrected chi connectivity index (χ4v) is 6.44. The lowest BCUT2D eigenvalue weighted by molar-refractivity contribution is -0.137. The SMILES string of the molecule is CCN(CC)C(=O)C(c1ccccc1)N1CCN(c2ccc(C3CNS(=O)(=O)N3C(=O)OC)cc2F)CC1. The maximum absolute atomic E-state index is 15.3. The molecule has 0 bridgehead atoms. The van der Waals surface area contributed by atoms with Crippen molar-refractivity contribution in [3.05, 3.63) is 65.5 Å². The van der Waals surface area contributed by atoms with Crippen LogP contribution in [0, 0.1) is 5.82 Å². The van der Waals surface area contributed by atoms with E-state index in [9.17, 15) is 18.0 Å². The maximum Gasteiger partial charge on any atom is 0.424 e. The molecule has 2 heterocycles. The fourth-order valence-electron chi connectivity index (χ4n) is 5.13. The van der Waals surface area contributed by atoms with Gasteiger partial charge in [0.1, 0.15) is 11.9 Å². The lowest BCUT2D eigenvalue weighted by Crippen LogP contribution is -2.52. The molecule has 12 heteroatoms. The molecule has 10 nitrogen and oxygen atoms in total. The molecule has 0 aromatic heterocycles. The van der Waals surface area contributed by atoms with Gasteiger partial charge in [0.2, 0.25) is 5.91 Å². The third-order valence-corrected chi connectivity index (χ3v) is 8.61. The van der Waals surface area contributed by atoms with E-state index in [0.717, 1.165) is 12.7 Å². The van der Waals surface area contributed by atoms with Gasteiger partial charge in [0.05, 0.1) is 18.8 Å². The number of carbonyl (C=O) groups is 2. The van der Waals surface area contributed by atoms with Crippen molar-refractivity contribution in [1.29, 1.82) is 0 Å². The third kappa shape index (κ3) is 5.47. The maximum atomic E-state index is 15.3. The number of carbonyl (C=O) groups excluding carboxylic acids is 2. The molecule has 2 unspecified atom stereocenters. The molecule has 2 aliphatic rings. The Morgan fingerprint density at radius 1 is 1.08 bits per heavy atom. The van der Waals surface area contributed by atoms with Crippen LogP contribution in [0.4, 0.5) is 14.9 Å². The zero-order chi connectivity index (χ0) is 27.4. The molecule has 2 saturated heterocycles. The summed E-state index contributed by atoms with van der Waals surface area (Å²) in [5.74, 6) is -0.454. The van der Waals surface area contributed by atoms with Gasteiger partial charge in [0.25, 0.3) is 0 Å². The Hall–Kier alpha value is -3.22. The number of amides is 2. The van der Waals surface area contributed by atoms with Gasteiger partial charge in [-0.05, 0) is 37.1 Å². The molecule has 0 saturated carbocycles. The van der Waals surface area contributed by atoms with E-state index in [4.69, 9.17) is 0 Å². The van der Waals surface area contributed by atoms with Crippen LogP contribution in [0.3, 0.4) is 0 Å². The number of rotatable bonds is 7. The molecule has 0 aliphatic carbocycles. The van der Waals surface area contributed by atoms with Crippen LogP contribution in [-0.2, 0) is 19.7 Å². The lowest BCUT2D eigenvalue weighted by Gasteiger charge is -2.41. The van der Waals surface area contributed by atoms with Gasteiger partial charge in [-0.15, -0.1) is 0 Å². The van der Waals surface area contributed by atoms with Crippen molar-refractivity contribution < 1.29 is 27.1 Å². The highest BCUT2D eigenvalue weighted by molar-refractivity contribution is 7.87. The predicted molar refractivity (Wildman–Crippen MR) is 141 cm³/mol. The number of likely N-dealkylation sites (N-methyl/N-ethyl adjacent to an activating group) is 1. The van der Waals surface area contributed by atoms with E-state index in [1.807, 2.05) is 54.0 Å². The number of piperazine rings is 1. The van der Waals surface area contributed by atoms with E-state index in [1.54, 1.807) is 12.1 Å². The van der Waals surface area contributed by atoms with Crippen molar-refractivity contribution in [2.24, 2.45) is 0 Å². The monoisotopic (exact) mass is 547 g/mol. The molecule has 1 N–H and O–H groups in total. The van der Waals surface area contributed by atoms with E-state index < -0.39 is 34.2 Å². The van der Waals surface area contributed by atoms with E-state index in [-0.39, 0.29) is 12.5 Å². The summed E-state index contributed by atoms with van der Waals surface area (Å²) in [4.78, 5) is 31.4. The number of nitrogens with one attached hydrogen (secondary N) is 1. The molecule has 2 aromatic carbocycles. The number of hydrogen-bond donors (Lipinski definition) is 1.